The number of piperazine rings is 1. The third-order valence-electron chi connectivity index (χ3n) is 3.98. The number of ether oxygens (including phenoxy) is 1. The molecule has 15 heavy (non-hydrogen) atoms. The first-order chi connectivity index (χ1) is 7.31. The van der Waals surface area contributed by atoms with E-state index in [1.54, 1.807) is 0 Å². The van der Waals surface area contributed by atoms with Gasteiger partial charge >= 0.3 is 0 Å². The van der Waals surface area contributed by atoms with E-state index in [2.05, 4.69) is 16.8 Å². The fraction of sp³-hybridized carbons (Fsp3) is 1.00. The first kappa shape index (κ1) is 11.4. The van der Waals surface area contributed by atoms with E-state index in [0.717, 1.165) is 0 Å². The van der Waals surface area contributed by atoms with Crippen molar-refractivity contribution in [2.75, 3.05) is 40.3 Å². The van der Waals surface area contributed by atoms with E-state index < -0.39 is 0 Å². The van der Waals surface area contributed by atoms with Crippen LogP contribution in [0.5, 0.6) is 0 Å². The minimum Gasteiger partial charge on any atom is -0.380 e. The van der Waals surface area contributed by atoms with Gasteiger partial charge in [-0.15, -0.1) is 0 Å². The van der Waals surface area contributed by atoms with Crippen molar-refractivity contribution in [3.63, 3.8) is 0 Å². The van der Waals surface area contributed by atoms with E-state index in [4.69, 9.17) is 4.74 Å². The number of hydrogen-bond acceptors (Lipinski definition) is 3. The lowest BCUT2D eigenvalue weighted by Crippen LogP contribution is -2.54. The van der Waals surface area contributed by atoms with Gasteiger partial charge in [-0.1, -0.05) is 12.8 Å². The van der Waals surface area contributed by atoms with Crippen LogP contribution in [-0.4, -0.2) is 62.3 Å². The molecule has 1 heterocycles. The van der Waals surface area contributed by atoms with E-state index in [1.807, 2.05) is 7.11 Å². The van der Waals surface area contributed by atoms with Crippen LogP contribution in [0.25, 0.3) is 0 Å². The van der Waals surface area contributed by atoms with E-state index in [9.17, 15) is 0 Å². The largest absolute Gasteiger partial charge is 0.380 e. The Morgan fingerprint density at radius 1 is 1.00 bits per heavy atom. The second-order valence-electron chi connectivity index (χ2n) is 4.97. The third kappa shape index (κ3) is 2.71. The van der Waals surface area contributed by atoms with E-state index in [1.165, 1.54) is 51.9 Å². The van der Waals surface area contributed by atoms with Gasteiger partial charge in [0.1, 0.15) is 0 Å². The minimum atomic E-state index is 0.488. The molecule has 0 aromatic heterocycles. The van der Waals surface area contributed by atoms with E-state index >= 15 is 0 Å². The predicted octanol–water partition coefficient (Wildman–Crippen LogP) is 1.19. The van der Waals surface area contributed by atoms with Gasteiger partial charge in [-0.05, 0) is 19.9 Å². The van der Waals surface area contributed by atoms with Gasteiger partial charge in [0.05, 0.1) is 6.10 Å². The van der Waals surface area contributed by atoms with Gasteiger partial charge in [0.25, 0.3) is 0 Å². The third-order valence-corrected chi connectivity index (χ3v) is 3.98. The fourth-order valence-electron chi connectivity index (χ4n) is 2.92. The van der Waals surface area contributed by atoms with Crippen molar-refractivity contribution in [2.45, 2.75) is 37.8 Å². The molecule has 0 amide bonds. The second-order valence-corrected chi connectivity index (χ2v) is 4.97. The molecule has 2 atom stereocenters. The quantitative estimate of drug-likeness (QED) is 0.684. The predicted molar refractivity (Wildman–Crippen MR) is 62.1 cm³/mol. The van der Waals surface area contributed by atoms with Crippen LogP contribution in [0.2, 0.25) is 0 Å². The van der Waals surface area contributed by atoms with Gasteiger partial charge in [-0.2, -0.15) is 0 Å². The molecular weight excluding hydrogens is 188 g/mol. The van der Waals surface area contributed by atoms with Crippen LogP contribution in [0.1, 0.15) is 25.7 Å². The summed E-state index contributed by atoms with van der Waals surface area (Å²) in [5.74, 6) is 0. The molecule has 1 aliphatic heterocycles. The molecule has 3 nitrogen and oxygen atoms in total. The van der Waals surface area contributed by atoms with Crippen LogP contribution in [0.3, 0.4) is 0 Å². The zero-order valence-corrected chi connectivity index (χ0v) is 10.1. The molecule has 0 bridgehead atoms. The highest BCUT2D eigenvalue weighted by atomic mass is 16.5. The molecule has 0 radical (unpaired) electrons. The number of hydrogen-bond donors (Lipinski definition) is 0. The summed E-state index contributed by atoms with van der Waals surface area (Å²) in [4.78, 5) is 5.06. The standard InChI is InChI=1S/C12H24N2O/c1-13-7-9-14(10-8-13)11-5-3-4-6-12(11)15-2/h11-12H,3-10H2,1-2H3. The van der Waals surface area contributed by atoms with Crippen molar-refractivity contribution in [3.8, 4) is 0 Å². The molecule has 3 heteroatoms. The zero-order valence-electron chi connectivity index (χ0n) is 10.1. The molecule has 2 rings (SSSR count). The van der Waals surface area contributed by atoms with E-state index in [0.29, 0.717) is 12.1 Å². The maximum absolute atomic E-state index is 5.63. The molecule has 2 unspecified atom stereocenters. The monoisotopic (exact) mass is 212 g/mol. The maximum Gasteiger partial charge on any atom is 0.0726 e. The van der Waals surface area contributed by atoms with Crippen LogP contribution < -0.4 is 0 Å². The Balaban J connectivity index is 1.90. The lowest BCUT2D eigenvalue weighted by molar-refractivity contribution is -0.0246. The molecule has 0 aromatic carbocycles. The van der Waals surface area contributed by atoms with Gasteiger partial charge < -0.3 is 9.64 Å². The molecule has 0 aromatic rings. The van der Waals surface area contributed by atoms with Crippen molar-refractivity contribution in [3.05, 3.63) is 0 Å². The highest BCUT2D eigenvalue weighted by Crippen LogP contribution is 2.25. The van der Waals surface area contributed by atoms with Crippen LogP contribution >= 0.6 is 0 Å². The normalized spacial score (nSPS) is 35.6. The number of rotatable bonds is 2. The van der Waals surface area contributed by atoms with E-state index in [-0.39, 0.29) is 0 Å². The molecule has 2 fully saturated rings. The SMILES string of the molecule is COC1CCCCC1N1CCN(C)CC1. The highest BCUT2D eigenvalue weighted by Gasteiger charge is 2.31. The average molecular weight is 212 g/mol. The summed E-state index contributed by atoms with van der Waals surface area (Å²) in [5, 5.41) is 0. The molecule has 88 valence electrons. The van der Waals surface area contributed by atoms with Crippen molar-refractivity contribution in [1.29, 1.82) is 0 Å². The van der Waals surface area contributed by atoms with Gasteiger partial charge in [0.15, 0.2) is 0 Å². The average Bonchev–Trinajstić information content (AvgIpc) is 2.30. The summed E-state index contributed by atoms with van der Waals surface area (Å²) < 4.78 is 5.63. The van der Waals surface area contributed by atoms with Crippen LogP contribution in [0, 0.1) is 0 Å². The summed E-state index contributed by atoms with van der Waals surface area (Å²) in [7, 11) is 4.09. The Labute approximate surface area is 93.4 Å². The molecule has 2 aliphatic rings. The zero-order chi connectivity index (χ0) is 10.7. The Bertz CT molecular complexity index is 190. The van der Waals surface area contributed by atoms with Crippen molar-refractivity contribution in [1.82, 2.24) is 9.80 Å². The Morgan fingerprint density at radius 2 is 1.67 bits per heavy atom. The van der Waals surface area contributed by atoms with Crippen LogP contribution in [0.15, 0.2) is 0 Å². The maximum atomic E-state index is 5.63. The summed E-state index contributed by atoms with van der Waals surface area (Å²) in [6, 6.07) is 0.692. The summed E-state index contributed by atoms with van der Waals surface area (Å²) >= 11 is 0. The number of nitrogens with zero attached hydrogens (tertiary/aromatic N) is 2. The van der Waals surface area contributed by atoms with Gasteiger partial charge in [-0.3, -0.25) is 4.90 Å². The Morgan fingerprint density at radius 3 is 2.33 bits per heavy atom. The number of likely N-dealkylation sites (N-methyl/N-ethyl adjacent to an activating group) is 1. The second kappa shape index (κ2) is 5.28. The van der Waals surface area contributed by atoms with Crippen molar-refractivity contribution >= 4 is 0 Å². The minimum absolute atomic E-state index is 0.488. The molecule has 1 saturated heterocycles. The molecule has 1 aliphatic carbocycles. The molecular formula is C12H24N2O. The topological polar surface area (TPSA) is 15.7 Å². The number of methoxy groups -OCH3 is 1. The first-order valence-electron chi connectivity index (χ1n) is 6.26. The Hall–Kier alpha value is -0.120. The van der Waals surface area contributed by atoms with Gasteiger partial charge in [-0.25, -0.2) is 0 Å². The molecule has 0 spiro atoms. The highest BCUT2D eigenvalue weighted by molar-refractivity contribution is 4.86. The summed E-state index contributed by atoms with van der Waals surface area (Å²) in [5.41, 5.74) is 0. The lowest BCUT2D eigenvalue weighted by Gasteiger charge is -2.42. The summed E-state index contributed by atoms with van der Waals surface area (Å²) in [6.07, 6.45) is 5.82. The fourth-order valence-corrected chi connectivity index (χ4v) is 2.92. The Kier molecular flexibility index (Phi) is 4.00. The smallest absolute Gasteiger partial charge is 0.0726 e. The van der Waals surface area contributed by atoms with Gasteiger partial charge in [0.2, 0.25) is 0 Å². The van der Waals surface area contributed by atoms with Crippen molar-refractivity contribution in [2.24, 2.45) is 0 Å². The van der Waals surface area contributed by atoms with Gasteiger partial charge in [0, 0.05) is 39.3 Å². The molecule has 0 N–H and O–H groups in total. The summed E-state index contributed by atoms with van der Waals surface area (Å²) in [6.45, 7) is 4.88. The van der Waals surface area contributed by atoms with Crippen LogP contribution in [-0.2, 0) is 4.74 Å². The molecule has 1 saturated carbocycles. The lowest BCUT2D eigenvalue weighted by atomic mass is 9.91. The van der Waals surface area contributed by atoms with Crippen molar-refractivity contribution < 1.29 is 4.74 Å². The first-order valence-corrected chi connectivity index (χ1v) is 6.26. The van der Waals surface area contributed by atoms with Crippen LogP contribution in [0.4, 0.5) is 0 Å².